The zero-order chi connectivity index (χ0) is 19.3. The lowest BCUT2D eigenvalue weighted by Gasteiger charge is -2.04. The molecule has 1 saturated heterocycles. The third kappa shape index (κ3) is 6.31. The lowest BCUT2D eigenvalue weighted by atomic mass is 10.1. The van der Waals surface area contributed by atoms with E-state index in [1.165, 1.54) is 12.1 Å². The van der Waals surface area contributed by atoms with Crippen LogP contribution in [-0.4, -0.2) is 48.3 Å². The van der Waals surface area contributed by atoms with Crippen LogP contribution in [0.3, 0.4) is 0 Å². The van der Waals surface area contributed by atoms with Crippen molar-refractivity contribution in [1.82, 2.24) is 15.5 Å². The van der Waals surface area contributed by atoms with E-state index in [0.717, 1.165) is 17.3 Å². The van der Waals surface area contributed by atoms with E-state index in [1.807, 2.05) is 0 Å². The van der Waals surface area contributed by atoms with Crippen molar-refractivity contribution in [3.8, 4) is 0 Å². The van der Waals surface area contributed by atoms with Gasteiger partial charge in [-0.1, -0.05) is 23.9 Å². The molecule has 2 heterocycles. The van der Waals surface area contributed by atoms with Gasteiger partial charge in [0.15, 0.2) is 9.84 Å². The molecule has 1 aliphatic heterocycles. The van der Waals surface area contributed by atoms with E-state index in [-0.39, 0.29) is 34.9 Å². The summed E-state index contributed by atoms with van der Waals surface area (Å²) < 4.78 is 41.3. The van der Waals surface area contributed by atoms with Gasteiger partial charge in [0, 0.05) is 13.0 Å². The SMILES string of the molecule is O=C(CSc1nnc(C[C@@H]2CCS(=O)(=O)C2)o1)NCCc1ccc(F)cc1. The molecule has 1 aliphatic rings. The van der Waals surface area contributed by atoms with Crippen LogP contribution in [0.1, 0.15) is 17.9 Å². The van der Waals surface area contributed by atoms with Gasteiger partial charge in [0.1, 0.15) is 5.82 Å². The van der Waals surface area contributed by atoms with Crippen LogP contribution in [0.4, 0.5) is 4.39 Å². The summed E-state index contributed by atoms with van der Waals surface area (Å²) in [6.45, 7) is 0.455. The number of thioether (sulfide) groups is 1. The number of carbonyl (C=O) groups is 1. The Hall–Kier alpha value is -1.94. The van der Waals surface area contributed by atoms with Gasteiger partial charge >= 0.3 is 0 Å². The molecule has 7 nitrogen and oxygen atoms in total. The number of hydrogen-bond donors (Lipinski definition) is 1. The number of sulfone groups is 1. The normalized spacial score (nSPS) is 18.5. The Labute approximate surface area is 161 Å². The number of rotatable bonds is 8. The minimum Gasteiger partial charge on any atom is -0.416 e. The van der Waals surface area contributed by atoms with E-state index in [2.05, 4.69) is 15.5 Å². The summed E-state index contributed by atoms with van der Waals surface area (Å²) in [7, 11) is -2.93. The van der Waals surface area contributed by atoms with Gasteiger partial charge in [-0.2, -0.15) is 0 Å². The van der Waals surface area contributed by atoms with Crippen molar-refractivity contribution in [1.29, 1.82) is 0 Å². The first-order valence-electron chi connectivity index (χ1n) is 8.56. The van der Waals surface area contributed by atoms with E-state index >= 15 is 0 Å². The van der Waals surface area contributed by atoms with Crippen molar-refractivity contribution in [3.05, 3.63) is 41.5 Å². The molecule has 1 atom stereocenters. The molecular formula is C17H20FN3O4S2. The molecule has 0 bridgehead atoms. The van der Waals surface area contributed by atoms with Gasteiger partial charge in [-0.25, -0.2) is 12.8 Å². The van der Waals surface area contributed by atoms with Crippen molar-refractivity contribution in [2.45, 2.75) is 24.5 Å². The monoisotopic (exact) mass is 413 g/mol. The van der Waals surface area contributed by atoms with Crippen LogP contribution in [0, 0.1) is 11.7 Å². The first-order chi connectivity index (χ1) is 12.9. The predicted octanol–water partition coefficient (Wildman–Crippen LogP) is 1.64. The number of hydrogen-bond acceptors (Lipinski definition) is 7. The summed E-state index contributed by atoms with van der Waals surface area (Å²) >= 11 is 1.14. The Kier molecular flexibility index (Phi) is 6.48. The Morgan fingerprint density at radius 1 is 1.30 bits per heavy atom. The average Bonchev–Trinajstić information content (AvgIpc) is 3.21. The van der Waals surface area contributed by atoms with E-state index in [4.69, 9.17) is 4.42 Å². The standard InChI is InChI=1S/C17H20FN3O4S2/c18-14-3-1-12(2-4-14)5-7-19-15(22)10-26-17-21-20-16(25-17)9-13-6-8-27(23,24)11-13/h1-4,13H,5-11H2,(H,19,22)/t13-/m0/s1. The molecule has 2 aromatic rings. The maximum absolute atomic E-state index is 12.8. The molecule has 0 unspecified atom stereocenters. The fraction of sp³-hybridized carbons (Fsp3) is 0.471. The van der Waals surface area contributed by atoms with Gasteiger partial charge in [0.2, 0.25) is 11.8 Å². The Morgan fingerprint density at radius 3 is 2.78 bits per heavy atom. The van der Waals surface area contributed by atoms with Crippen LogP contribution in [0.15, 0.2) is 33.9 Å². The minimum atomic E-state index is -2.93. The number of nitrogens with one attached hydrogen (secondary N) is 1. The topological polar surface area (TPSA) is 102 Å². The third-order valence-corrected chi connectivity index (χ3v) is 6.87. The molecule has 146 valence electrons. The van der Waals surface area contributed by atoms with Crippen molar-refractivity contribution >= 4 is 27.5 Å². The van der Waals surface area contributed by atoms with Gasteiger partial charge in [0.25, 0.3) is 5.22 Å². The first-order valence-corrected chi connectivity index (χ1v) is 11.4. The summed E-state index contributed by atoms with van der Waals surface area (Å²) in [4.78, 5) is 11.9. The quantitative estimate of drug-likeness (QED) is 0.656. The summed E-state index contributed by atoms with van der Waals surface area (Å²) in [5.41, 5.74) is 0.944. The number of nitrogens with zero attached hydrogens (tertiary/aromatic N) is 2. The Morgan fingerprint density at radius 2 is 2.07 bits per heavy atom. The van der Waals surface area contributed by atoms with Crippen molar-refractivity contribution in [2.75, 3.05) is 23.8 Å². The van der Waals surface area contributed by atoms with Crippen LogP contribution in [0.5, 0.6) is 0 Å². The van der Waals surface area contributed by atoms with E-state index in [1.54, 1.807) is 12.1 Å². The zero-order valence-corrected chi connectivity index (χ0v) is 16.2. The fourth-order valence-electron chi connectivity index (χ4n) is 2.83. The maximum atomic E-state index is 12.8. The minimum absolute atomic E-state index is 0.0167. The summed E-state index contributed by atoms with van der Waals surface area (Å²) in [6.07, 6.45) is 1.67. The molecule has 0 aliphatic carbocycles. The summed E-state index contributed by atoms with van der Waals surface area (Å²) in [5, 5.41) is 10.9. The lowest BCUT2D eigenvalue weighted by molar-refractivity contribution is -0.118. The molecule has 1 N–H and O–H groups in total. The average molecular weight is 413 g/mol. The number of benzene rings is 1. The molecule has 1 aromatic carbocycles. The van der Waals surface area contributed by atoms with Gasteiger partial charge in [-0.3, -0.25) is 4.79 Å². The van der Waals surface area contributed by atoms with E-state index < -0.39 is 9.84 Å². The Balaban J connectivity index is 1.36. The largest absolute Gasteiger partial charge is 0.416 e. The molecule has 27 heavy (non-hydrogen) atoms. The highest BCUT2D eigenvalue weighted by atomic mass is 32.2. The van der Waals surface area contributed by atoms with Crippen molar-refractivity contribution in [3.63, 3.8) is 0 Å². The molecule has 1 fully saturated rings. The smallest absolute Gasteiger partial charge is 0.277 e. The van der Waals surface area contributed by atoms with Gasteiger partial charge < -0.3 is 9.73 Å². The lowest BCUT2D eigenvalue weighted by Crippen LogP contribution is -2.27. The predicted molar refractivity (Wildman–Crippen MR) is 98.6 cm³/mol. The highest BCUT2D eigenvalue weighted by Gasteiger charge is 2.29. The number of aromatic nitrogens is 2. The van der Waals surface area contributed by atoms with Gasteiger partial charge in [-0.15, -0.1) is 10.2 Å². The fourth-order valence-corrected chi connectivity index (χ4v) is 5.31. The van der Waals surface area contributed by atoms with Crippen LogP contribution < -0.4 is 5.32 Å². The van der Waals surface area contributed by atoms with Crippen LogP contribution in [0.25, 0.3) is 0 Å². The molecule has 0 spiro atoms. The van der Waals surface area contributed by atoms with Gasteiger partial charge in [0.05, 0.1) is 17.3 Å². The molecule has 1 aromatic heterocycles. The van der Waals surface area contributed by atoms with Crippen LogP contribution in [0.2, 0.25) is 0 Å². The third-order valence-electron chi connectivity index (χ3n) is 4.21. The van der Waals surface area contributed by atoms with E-state index in [0.29, 0.717) is 36.9 Å². The second kappa shape index (κ2) is 8.83. The number of halogens is 1. The highest BCUT2D eigenvalue weighted by Crippen LogP contribution is 2.23. The highest BCUT2D eigenvalue weighted by molar-refractivity contribution is 7.99. The second-order valence-corrected chi connectivity index (χ2v) is 9.61. The molecule has 0 radical (unpaired) electrons. The number of amides is 1. The summed E-state index contributed by atoms with van der Waals surface area (Å²) in [6, 6.07) is 6.15. The van der Waals surface area contributed by atoms with Crippen LogP contribution >= 0.6 is 11.8 Å². The second-order valence-electron chi connectivity index (χ2n) is 6.45. The van der Waals surface area contributed by atoms with E-state index in [9.17, 15) is 17.6 Å². The van der Waals surface area contributed by atoms with Crippen molar-refractivity contribution in [2.24, 2.45) is 5.92 Å². The Bertz CT molecular complexity index is 884. The number of carbonyl (C=O) groups excluding carboxylic acids is 1. The molecule has 3 rings (SSSR count). The molecule has 0 saturated carbocycles. The zero-order valence-electron chi connectivity index (χ0n) is 14.6. The molecule has 10 heteroatoms. The molecule has 1 amide bonds. The van der Waals surface area contributed by atoms with Crippen LogP contribution in [-0.2, 0) is 27.5 Å². The van der Waals surface area contributed by atoms with Gasteiger partial charge in [-0.05, 0) is 36.5 Å². The first kappa shape index (κ1) is 19.8. The maximum Gasteiger partial charge on any atom is 0.277 e. The van der Waals surface area contributed by atoms with Crippen molar-refractivity contribution < 1.29 is 22.0 Å². The molecular weight excluding hydrogens is 393 g/mol. The summed E-state index contributed by atoms with van der Waals surface area (Å²) in [5.74, 6) is 0.485.